The van der Waals surface area contributed by atoms with Gasteiger partial charge >= 0.3 is 0 Å². The van der Waals surface area contributed by atoms with E-state index in [9.17, 15) is 5.11 Å². The summed E-state index contributed by atoms with van der Waals surface area (Å²) in [7, 11) is 0. The van der Waals surface area contributed by atoms with Crippen LogP contribution in [0, 0.1) is 6.92 Å². The number of aliphatic hydroxyl groups is 1. The number of hydrogen-bond acceptors (Lipinski definition) is 3. The molecule has 0 saturated heterocycles. The number of hydrogen-bond donors (Lipinski definition) is 2. The number of nitrogens with one attached hydrogen (secondary N) is 1. The zero-order valence-corrected chi connectivity index (χ0v) is 12.1. The van der Waals surface area contributed by atoms with Crippen molar-refractivity contribution in [2.45, 2.75) is 13.0 Å². The summed E-state index contributed by atoms with van der Waals surface area (Å²) in [5.74, 6) is 0.796. The summed E-state index contributed by atoms with van der Waals surface area (Å²) in [5.41, 5.74) is 1.86. The van der Waals surface area contributed by atoms with Crippen LogP contribution < -0.4 is 10.1 Å². The zero-order valence-electron chi connectivity index (χ0n) is 11.3. The minimum absolute atomic E-state index is 0.238. The van der Waals surface area contributed by atoms with Crippen molar-refractivity contribution in [2.75, 3.05) is 18.5 Å². The third-order valence-electron chi connectivity index (χ3n) is 2.93. The Morgan fingerprint density at radius 1 is 1.15 bits per heavy atom. The third-order valence-corrected chi connectivity index (χ3v) is 3.26. The van der Waals surface area contributed by atoms with Crippen LogP contribution in [-0.4, -0.2) is 24.4 Å². The highest BCUT2D eigenvalue weighted by molar-refractivity contribution is 6.33. The van der Waals surface area contributed by atoms with Crippen LogP contribution in [0.4, 0.5) is 5.69 Å². The Bertz CT molecular complexity index is 510. The molecular weight excluding hydrogens is 274 g/mol. The average Bonchev–Trinajstić information content (AvgIpc) is 2.45. The molecule has 1 unspecified atom stereocenters. The first-order chi connectivity index (χ1) is 9.66. The molecule has 0 bridgehead atoms. The molecule has 0 aromatic heterocycles. The van der Waals surface area contributed by atoms with Crippen molar-refractivity contribution >= 4 is 17.3 Å². The van der Waals surface area contributed by atoms with E-state index in [1.54, 1.807) is 6.07 Å². The monoisotopic (exact) mass is 291 g/mol. The topological polar surface area (TPSA) is 41.5 Å². The van der Waals surface area contributed by atoms with Crippen LogP contribution >= 0.6 is 11.6 Å². The van der Waals surface area contributed by atoms with Crippen LogP contribution in [0.15, 0.2) is 48.5 Å². The average molecular weight is 292 g/mol. The van der Waals surface area contributed by atoms with Gasteiger partial charge < -0.3 is 15.2 Å². The fourth-order valence-corrected chi connectivity index (χ4v) is 2.00. The SMILES string of the molecule is Cc1ccccc1OCC(O)CNc1ccccc1Cl. The molecule has 0 aliphatic heterocycles. The van der Waals surface area contributed by atoms with Gasteiger partial charge in [-0.2, -0.15) is 0 Å². The number of anilines is 1. The van der Waals surface area contributed by atoms with Crippen molar-refractivity contribution in [3.63, 3.8) is 0 Å². The highest BCUT2D eigenvalue weighted by Crippen LogP contribution is 2.20. The molecular formula is C16H18ClNO2. The van der Waals surface area contributed by atoms with Crippen LogP contribution in [0.3, 0.4) is 0 Å². The van der Waals surface area contributed by atoms with E-state index in [-0.39, 0.29) is 6.61 Å². The Balaban J connectivity index is 1.80. The summed E-state index contributed by atoms with van der Waals surface area (Å²) in [5, 5.41) is 13.7. The lowest BCUT2D eigenvalue weighted by molar-refractivity contribution is 0.117. The fraction of sp³-hybridized carbons (Fsp3) is 0.250. The Kier molecular flexibility index (Phi) is 5.27. The molecule has 0 radical (unpaired) electrons. The number of benzene rings is 2. The largest absolute Gasteiger partial charge is 0.491 e. The number of rotatable bonds is 6. The maximum absolute atomic E-state index is 9.92. The van der Waals surface area contributed by atoms with E-state index in [1.807, 2.05) is 49.4 Å². The summed E-state index contributed by atoms with van der Waals surface area (Å²) in [6.45, 7) is 2.60. The molecule has 0 aliphatic rings. The standard InChI is InChI=1S/C16H18ClNO2/c1-12-6-2-5-9-16(12)20-11-13(19)10-18-15-8-4-3-7-14(15)17/h2-9,13,18-19H,10-11H2,1H3. The first-order valence-electron chi connectivity index (χ1n) is 6.51. The number of ether oxygens (including phenoxy) is 1. The van der Waals surface area contributed by atoms with Gasteiger partial charge in [0, 0.05) is 6.54 Å². The van der Waals surface area contributed by atoms with Gasteiger partial charge in [0.15, 0.2) is 0 Å². The summed E-state index contributed by atoms with van der Waals surface area (Å²) in [6, 6.07) is 15.2. The maximum Gasteiger partial charge on any atom is 0.122 e. The number of aryl methyl sites for hydroxylation is 1. The van der Waals surface area contributed by atoms with E-state index in [4.69, 9.17) is 16.3 Å². The molecule has 3 nitrogen and oxygen atoms in total. The van der Waals surface area contributed by atoms with Gasteiger partial charge in [0.25, 0.3) is 0 Å². The molecule has 20 heavy (non-hydrogen) atoms. The molecule has 2 aromatic carbocycles. The molecule has 0 heterocycles. The third kappa shape index (κ3) is 4.15. The number of aliphatic hydroxyl groups excluding tert-OH is 1. The van der Waals surface area contributed by atoms with Gasteiger partial charge in [-0.15, -0.1) is 0 Å². The summed E-state index contributed by atoms with van der Waals surface area (Å²) < 4.78 is 5.59. The molecule has 0 saturated carbocycles. The second kappa shape index (κ2) is 7.17. The minimum Gasteiger partial charge on any atom is -0.491 e. The van der Waals surface area contributed by atoms with E-state index in [2.05, 4.69) is 5.32 Å². The van der Waals surface area contributed by atoms with E-state index in [0.29, 0.717) is 11.6 Å². The van der Waals surface area contributed by atoms with Gasteiger partial charge in [-0.25, -0.2) is 0 Å². The molecule has 2 rings (SSSR count). The predicted octanol–water partition coefficient (Wildman–Crippen LogP) is 3.50. The van der Waals surface area contributed by atoms with E-state index in [0.717, 1.165) is 17.0 Å². The second-order valence-corrected chi connectivity index (χ2v) is 5.00. The summed E-state index contributed by atoms with van der Waals surface area (Å²) >= 11 is 6.03. The van der Waals surface area contributed by atoms with Gasteiger partial charge in [0.2, 0.25) is 0 Å². The summed E-state index contributed by atoms with van der Waals surface area (Å²) in [6.07, 6.45) is -0.606. The normalized spacial score (nSPS) is 11.9. The van der Waals surface area contributed by atoms with Gasteiger partial charge in [0.05, 0.1) is 10.7 Å². The van der Waals surface area contributed by atoms with Crippen LogP contribution in [0.1, 0.15) is 5.56 Å². The smallest absolute Gasteiger partial charge is 0.122 e. The molecule has 0 amide bonds. The Morgan fingerprint density at radius 2 is 1.85 bits per heavy atom. The Labute approximate surface area is 124 Å². The second-order valence-electron chi connectivity index (χ2n) is 4.59. The lowest BCUT2D eigenvalue weighted by Crippen LogP contribution is -2.26. The van der Waals surface area contributed by atoms with Crippen LogP contribution in [0.5, 0.6) is 5.75 Å². The number of para-hydroxylation sites is 2. The highest BCUT2D eigenvalue weighted by atomic mass is 35.5. The molecule has 0 aliphatic carbocycles. The predicted molar refractivity (Wildman–Crippen MR) is 82.6 cm³/mol. The van der Waals surface area contributed by atoms with Gasteiger partial charge in [0.1, 0.15) is 18.5 Å². The molecule has 2 aromatic rings. The van der Waals surface area contributed by atoms with E-state index < -0.39 is 6.10 Å². The van der Waals surface area contributed by atoms with Crippen molar-refractivity contribution in [3.05, 3.63) is 59.1 Å². The van der Waals surface area contributed by atoms with Gasteiger partial charge in [-0.3, -0.25) is 0 Å². The van der Waals surface area contributed by atoms with Gasteiger partial charge in [-0.1, -0.05) is 41.9 Å². The lowest BCUT2D eigenvalue weighted by Gasteiger charge is -2.15. The molecule has 0 fully saturated rings. The maximum atomic E-state index is 9.92. The zero-order chi connectivity index (χ0) is 14.4. The van der Waals surface area contributed by atoms with Crippen molar-refractivity contribution in [3.8, 4) is 5.75 Å². The summed E-state index contributed by atoms with van der Waals surface area (Å²) in [4.78, 5) is 0. The van der Waals surface area contributed by atoms with Gasteiger partial charge in [-0.05, 0) is 30.7 Å². The van der Waals surface area contributed by atoms with Crippen molar-refractivity contribution in [2.24, 2.45) is 0 Å². The molecule has 0 spiro atoms. The number of halogens is 1. The van der Waals surface area contributed by atoms with Crippen molar-refractivity contribution in [1.29, 1.82) is 0 Å². The quantitative estimate of drug-likeness (QED) is 0.856. The molecule has 2 N–H and O–H groups in total. The van der Waals surface area contributed by atoms with Crippen LogP contribution in [-0.2, 0) is 0 Å². The minimum atomic E-state index is -0.606. The van der Waals surface area contributed by atoms with E-state index >= 15 is 0 Å². The van der Waals surface area contributed by atoms with E-state index in [1.165, 1.54) is 0 Å². The molecule has 1 atom stereocenters. The van der Waals surface area contributed by atoms with Crippen LogP contribution in [0.25, 0.3) is 0 Å². The van der Waals surface area contributed by atoms with Crippen molar-refractivity contribution < 1.29 is 9.84 Å². The first-order valence-corrected chi connectivity index (χ1v) is 6.89. The molecule has 106 valence electrons. The Hall–Kier alpha value is -1.71. The first kappa shape index (κ1) is 14.7. The fourth-order valence-electron chi connectivity index (χ4n) is 1.80. The highest BCUT2D eigenvalue weighted by Gasteiger charge is 2.07. The van der Waals surface area contributed by atoms with Crippen molar-refractivity contribution in [1.82, 2.24) is 0 Å². The van der Waals surface area contributed by atoms with Crippen LogP contribution in [0.2, 0.25) is 5.02 Å². The molecule has 4 heteroatoms. The lowest BCUT2D eigenvalue weighted by atomic mass is 10.2. The Morgan fingerprint density at radius 3 is 2.60 bits per heavy atom.